The summed E-state index contributed by atoms with van der Waals surface area (Å²) in [5, 5.41) is 9.69. The van der Waals surface area contributed by atoms with Crippen LogP contribution >= 0.6 is 11.8 Å². The van der Waals surface area contributed by atoms with Gasteiger partial charge in [0.15, 0.2) is 5.17 Å². The Balaban J connectivity index is 1.34. The van der Waals surface area contributed by atoms with E-state index < -0.39 is 5.25 Å². The lowest BCUT2D eigenvalue weighted by atomic mass is 9.98. The first kappa shape index (κ1) is 24.0. The number of amides is 2. The number of rotatable bonds is 5. The van der Waals surface area contributed by atoms with E-state index >= 15 is 0 Å². The van der Waals surface area contributed by atoms with Crippen LogP contribution in [0.3, 0.4) is 0 Å². The Morgan fingerprint density at radius 3 is 2.50 bits per heavy atom. The highest BCUT2D eigenvalue weighted by atomic mass is 32.2. The van der Waals surface area contributed by atoms with Crippen molar-refractivity contribution in [3.63, 3.8) is 0 Å². The van der Waals surface area contributed by atoms with E-state index in [-0.39, 0.29) is 24.3 Å². The van der Waals surface area contributed by atoms with Crippen LogP contribution in [-0.2, 0) is 9.59 Å². The summed E-state index contributed by atoms with van der Waals surface area (Å²) in [5.74, 6) is -0.493. The molecule has 0 spiro atoms. The number of amidine groups is 1. The monoisotopic (exact) mass is 496 g/mol. The Labute approximate surface area is 215 Å². The van der Waals surface area contributed by atoms with Gasteiger partial charge in [-0.1, -0.05) is 84.1 Å². The Kier molecular flexibility index (Phi) is 6.74. The molecule has 6 nitrogen and oxygen atoms in total. The van der Waals surface area contributed by atoms with Crippen molar-refractivity contribution in [3.05, 3.63) is 101 Å². The van der Waals surface area contributed by atoms with Crippen LogP contribution in [0.2, 0.25) is 0 Å². The number of nitrogens with one attached hydrogen (secondary N) is 1. The highest BCUT2D eigenvalue weighted by molar-refractivity contribution is 8.15. The van der Waals surface area contributed by atoms with Crippen LogP contribution in [0.5, 0.6) is 0 Å². The lowest BCUT2D eigenvalue weighted by Gasteiger charge is -2.23. The van der Waals surface area contributed by atoms with Crippen LogP contribution in [0.25, 0.3) is 0 Å². The van der Waals surface area contributed by atoms with E-state index in [1.807, 2.05) is 55.3 Å². The average molecular weight is 497 g/mol. The molecule has 0 radical (unpaired) electrons. The molecule has 36 heavy (non-hydrogen) atoms. The standard InChI is InChI=1S/C29H28N4O2S/c1-18-12-14-21(15-13-18)24-16-25(22-9-5-4-6-10-22)33(32-24)29-31-28(35)26(36-29)17-27(34)30-23-11-7-8-19(2)20(23)3/h4-15,25-26H,16-17H2,1-3H3,(H,30,34)/t25-,26-/m0/s1. The summed E-state index contributed by atoms with van der Waals surface area (Å²) in [6.45, 7) is 6.04. The predicted molar refractivity (Wildman–Crippen MR) is 146 cm³/mol. The molecule has 2 amide bonds. The highest BCUT2D eigenvalue weighted by Crippen LogP contribution is 2.38. The molecule has 5 rings (SSSR count). The quantitative estimate of drug-likeness (QED) is 0.485. The third-order valence-electron chi connectivity index (χ3n) is 6.65. The predicted octanol–water partition coefficient (Wildman–Crippen LogP) is 5.79. The van der Waals surface area contributed by atoms with Gasteiger partial charge in [0.25, 0.3) is 5.91 Å². The van der Waals surface area contributed by atoms with Crippen LogP contribution in [0.1, 0.15) is 46.7 Å². The number of hydrogen-bond donors (Lipinski definition) is 1. The Hall–Kier alpha value is -3.71. The van der Waals surface area contributed by atoms with Crippen LogP contribution in [0.15, 0.2) is 82.9 Å². The molecule has 0 unspecified atom stereocenters. The fourth-order valence-electron chi connectivity index (χ4n) is 4.40. The zero-order valence-corrected chi connectivity index (χ0v) is 21.4. The third kappa shape index (κ3) is 4.97. The number of hydrogen-bond acceptors (Lipinski definition) is 5. The number of carbonyl (C=O) groups is 2. The van der Waals surface area contributed by atoms with E-state index in [0.29, 0.717) is 11.6 Å². The van der Waals surface area contributed by atoms with Gasteiger partial charge >= 0.3 is 0 Å². The summed E-state index contributed by atoms with van der Waals surface area (Å²) >= 11 is 1.32. The SMILES string of the molecule is Cc1ccc(C2=NN(C3=NC(=O)[C@H](CC(=O)Nc4cccc(C)c4C)S3)[C@H](c3ccccc3)C2)cc1. The van der Waals surface area contributed by atoms with Crippen molar-refractivity contribution in [3.8, 4) is 0 Å². The molecule has 182 valence electrons. The maximum absolute atomic E-state index is 12.8. The molecule has 0 bridgehead atoms. The van der Waals surface area contributed by atoms with E-state index in [1.54, 1.807) is 0 Å². The molecule has 0 saturated heterocycles. The lowest BCUT2D eigenvalue weighted by Crippen LogP contribution is -2.25. The topological polar surface area (TPSA) is 74.1 Å². The van der Waals surface area contributed by atoms with Crippen molar-refractivity contribution in [1.29, 1.82) is 0 Å². The van der Waals surface area contributed by atoms with Crippen molar-refractivity contribution in [2.45, 2.75) is 44.9 Å². The first-order valence-electron chi connectivity index (χ1n) is 12.0. The van der Waals surface area contributed by atoms with Gasteiger partial charge in [-0.3, -0.25) is 9.59 Å². The normalized spacial score (nSPS) is 19.3. The Morgan fingerprint density at radius 2 is 1.75 bits per heavy atom. The fourth-order valence-corrected chi connectivity index (χ4v) is 5.46. The average Bonchev–Trinajstić information content (AvgIpc) is 3.47. The van der Waals surface area contributed by atoms with Gasteiger partial charge in [-0.15, -0.1) is 0 Å². The van der Waals surface area contributed by atoms with Gasteiger partial charge < -0.3 is 5.32 Å². The van der Waals surface area contributed by atoms with Crippen molar-refractivity contribution >= 4 is 40.1 Å². The largest absolute Gasteiger partial charge is 0.326 e. The smallest absolute Gasteiger partial charge is 0.262 e. The maximum atomic E-state index is 12.8. The second kappa shape index (κ2) is 10.1. The molecule has 2 aliphatic heterocycles. The van der Waals surface area contributed by atoms with E-state index in [2.05, 4.69) is 53.6 Å². The molecule has 0 aliphatic carbocycles. The zero-order valence-electron chi connectivity index (χ0n) is 20.6. The molecule has 2 aliphatic rings. The first-order chi connectivity index (χ1) is 17.4. The maximum Gasteiger partial charge on any atom is 0.262 e. The second-order valence-electron chi connectivity index (χ2n) is 9.23. The molecule has 0 fully saturated rings. The molecule has 2 heterocycles. The van der Waals surface area contributed by atoms with Crippen molar-refractivity contribution in [1.82, 2.24) is 5.01 Å². The number of hydrazone groups is 1. The Bertz CT molecular complexity index is 1370. The number of nitrogens with zero attached hydrogens (tertiary/aromatic N) is 3. The molecule has 3 aromatic rings. The van der Waals surface area contributed by atoms with Crippen LogP contribution in [0.4, 0.5) is 5.69 Å². The molecular weight excluding hydrogens is 468 g/mol. The first-order valence-corrected chi connectivity index (χ1v) is 12.9. The summed E-state index contributed by atoms with van der Waals surface area (Å²) in [5.41, 5.74) is 7.21. The lowest BCUT2D eigenvalue weighted by molar-refractivity contribution is -0.121. The van der Waals surface area contributed by atoms with Gasteiger partial charge in [0.05, 0.1) is 11.8 Å². The molecule has 3 aromatic carbocycles. The van der Waals surface area contributed by atoms with Gasteiger partial charge in [-0.05, 0) is 49.1 Å². The zero-order chi connectivity index (χ0) is 25.2. The second-order valence-corrected chi connectivity index (χ2v) is 10.4. The fraction of sp³-hybridized carbons (Fsp3) is 0.241. The number of anilines is 1. The highest BCUT2D eigenvalue weighted by Gasteiger charge is 2.39. The molecule has 0 aromatic heterocycles. The van der Waals surface area contributed by atoms with Gasteiger partial charge in [0, 0.05) is 18.5 Å². The number of aryl methyl sites for hydroxylation is 2. The van der Waals surface area contributed by atoms with E-state index in [1.165, 1.54) is 17.3 Å². The van der Waals surface area contributed by atoms with Crippen LogP contribution < -0.4 is 5.32 Å². The van der Waals surface area contributed by atoms with Gasteiger partial charge in [-0.25, -0.2) is 5.01 Å². The van der Waals surface area contributed by atoms with E-state index in [4.69, 9.17) is 5.10 Å². The minimum absolute atomic E-state index is 0.0578. The number of thioether (sulfide) groups is 1. The van der Waals surface area contributed by atoms with Crippen LogP contribution in [0, 0.1) is 20.8 Å². The van der Waals surface area contributed by atoms with Crippen molar-refractivity contribution in [2.75, 3.05) is 5.32 Å². The summed E-state index contributed by atoms with van der Waals surface area (Å²) in [6.07, 6.45) is 0.765. The third-order valence-corrected chi connectivity index (χ3v) is 7.80. The number of carbonyl (C=O) groups excluding carboxylic acids is 2. The molecule has 1 N–H and O–H groups in total. The van der Waals surface area contributed by atoms with Crippen LogP contribution in [-0.4, -0.2) is 33.0 Å². The Morgan fingerprint density at radius 1 is 1.00 bits per heavy atom. The van der Waals surface area contributed by atoms with E-state index in [0.717, 1.165) is 33.7 Å². The summed E-state index contributed by atoms with van der Waals surface area (Å²) in [6, 6.07) is 24.2. The molecule has 0 saturated carbocycles. The number of aliphatic imine (C=N–C) groups is 1. The summed E-state index contributed by atoms with van der Waals surface area (Å²) in [4.78, 5) is 29.9. The minimum Gasteiger partial charge on any atom is -0.326 e. The summed E-state index contributed by atoms with van der Waals surface area (Å²) < 4.78 is 0. The van der Waals surface area contributed by atoms with Crippen molar-refractivity contribution < 1.29 is 9.59 Å². The van der Waals surface area contributed by atoms with Crippen molar-refractivity contribution in [2.24, 2.45) is 10.1 Å². The van der Waals surface area contributed by atoms with Gasteiger partial charge in [-0.2, -0.15) is 10.1 Å². The number of benzene rings is 3. The molecule has 7 heteroatoms. The molecular formula is C29H28N4O2S. The van der Waals surface area contributed by atoms with E-state index in [9.17, 15) is 9.59 Å². The minimum atomic E-state index is -0.569. The molecule has 2 atom stereocenters. The van der Waals surface area contributed by atoms with Gasteiger partial charge in [0.1, 0.15) is 5.25 Å². The summed E-state index contributed by atoms with van der Waals surface area (Å²) in [7, 11) is 0. The van der Waals surface area contributed by atoms with Gasteiger partial charge in [0.2, 0.25) is 5.91 Å².